The third kappa shape index (κ3) is 3.73. The number of carbonyl (C=O) groups excluding carboxylic acids is 1. The minimum Gasteiger partial charge on any atom is -0.354 e. The maximum atomic E-state index is 11.9. The third-order valence-electron chi connectivity index (χ3n) is 3.32. The number of aromatic nitrogens is 3. The molecule has 110 valence electrons. The Labute approximate surface area is 126 Å². The van der Waals surface area contributed by atoms with E-state index in [0.29, 0.717) is 11.7 Å². The van der Waals surface area contributed by atoms with E-state index in [-0.39, 0.29) is 5.91 Å². The molecular formula is C13H16N6OS. The summed E-state index contributed by atoms with van der Waals surface area (Å²) in [5, 5.41) is 10.8. The minimum absolute atomic E-state index is 0.0435. The lowest BCUT2D eigenvalue weighted by atomic mass is 10.3. The first-order valence-corrected chi connectivity index (χ1v) is 7.63. The van der Waals surface area contributed by atoms with Crippen LogP contribution in [0.1, 0.15) is 0 Å². The fraction of sp³-hybridized carbons (Fsp3) is 0.385. The van der Waals surface area contributed by atoms with Gasteiger partial charge in [-0.3, -0.25) is 15.0 Å². The molecule has 0 saturated carbocycles. The van der Waals surface area contributed by atoms with Crippen LogP contribution in [0, 0.1) is 0 Å². The molecule has 0 aliphatic carbocycles. The van der Waals surface area contributed by atoms with Crippen LogP contribution >= 0.6 is 11.3 Å². The summed E-state index contributed by atoms with van der Waals surface area (Å²) in [6, 6.07) is 5.92. The second-order valence-electron chi connectivity index (χ2n) is 4.74. The van der Waals surface area contributed by atoms with Gasteiger partial charge in [0.05, 0.1) is 6.54 Å². The summed E-state index contributed by atoms with van der Waals surface area (Å²) in [6.07, 6.45) is 1.80. The average Bonchev–Trinajstić information content (AvgIpc) is 3.02. The molecule has 2 aromatic heterocycles. The topological polar surface area (TPSA) is 74.2 Å². The van der Waals surface area contributed by atoms with E-state index in [1.54, 1.807) is 11.7 Å². The molecule has 2 aromatic rings. The lowest BCUT2D eigenvalue weighted by Gasteiger charge is -2.34. The molecule has 3 rings (SSSR count). The molecule has 3 heterocycles. The Morgan fingerprint density at radius 3 is 2.81 bits per heavy atom. The average molecular weight is 304 g/mol. The zero-order chi connectivity index (χ0) is 14.5. The number of nitrogens with zero attached hydrogens (tertiary/aromatic N) is 5. The molecule has 0 bridgehead atoms. The van der Waals surface area contributed by atoms with E-state index in [1.165, 1.54) is 11.3 Å². The quantitative estimate of drug-likeness (QED) is 0.896. The molecule has 1 saturated heterocycles. The van der Waals surface area contributed by atoms with Gasteiger partial charge in [0, 0.05) is 32.4 Å². The van der Waals surface area contributed by atoms with Crippen molar-refractivity contribution in [3.05, 3.63) is 29.9 Å². The van der Waals surface area contributed by atoms with Crippen LogP contribution in [0.25, 0.3) is 0 Å². The minimum atomic E-state index is -0.0435. The van der Waals surface area contributed by atoms with Crippen LogP contribution < -0.4 is 10.2 Å². The normalized spacial score (nSPS) is 15.9. The highest BCUT2D eigenvalue weighted by molar-refractivity contribution is 7.13. The largest absolute Gasteiger partial charge is 0.354 e. The van der Waals surface area contributed by atoms with Gasteiger partial charge >= 0.3 is 0 Å². The van der Waals surface area contributed by atoms with Crippen molar-refractivity contribution in [3.63, 3.8) is 0 Å². The summed E-state index contributed by atoms with van der Waals surface area (Å²) in [5.41, 5.74) is 1.60. The van der Waals surface area contributed by atoms with Gasteiger partial charge < -0.3 is 4.90 Å². The Morgan fingerprint density at radius 1 is 1.29 bits per heavy atom. The Hall–Kier alpha value is -2.06. The van der Waals surface area contributed by atoms with Gasteiger partial charge in [-0.25, -0.2) is 4.98 Å². The summed E-state index contributed by atoms with van der Waals surface area (Å²) >= 11 is 1.32. The number of hydrogen-bond acceptors (Lipinski definition) is 7. The lowest BCUT2D eigenvalue weighted by Crippen LogP contribution is -2.48. The van der Waals surface area contributed by atoms with Crippen LogP contribution in [-0.4, -0.2) is 58.7 Å². The first kappa shape index (κ1) is 13.9. The van der Waals surface area contributed by atoms with Gasteiger partial charge in [0.15, 0.2) is 0 Å². The zero-order valence-electron chi connectivity index (χ0n) is 11.5. The highest BCUT2D eigenvalue weighted by atomic mass is 32.1. The van der Waals surface area contributed by atoms with E-state index in [1.807, 2.05) is 18.2 Å². The van der Waals surface area contributed by atoms with Gasteiger partial charge in [-0.15, -0.1) is 10.2 Å². The summed E-state index contributed by atoms with van der Waals surface area (Å²) in [4.78, 5) is 20.6. The van der Waals surface area contributed by atoms with Gasteiger partial charge in [-0.2, -0.15) is 0 Å². The van der Waals surface area contributed by atoms with E-state index in [4.69, 9.17) is 0 Å². The number of rotatable bonds is 4. The van der Waals surface area contributed by atoms with E-state index in [9.17, 15) is 4.79 Å². The number of hydrogen-bond donors (Lipinski definition) is 1. The number of carbonyl (C=O) groups is 1. The molecule has 1 N–H and O–H groups in total. The van der Waals surface area contributed by atoms with Crippen molar-refractivity contribution in [2.45, 2.75) is 0 Å². The van der Waals surface area contributed by atoms with Crippen LogP contribution in [0.4, 0.5) is 10.9 Å². The van der Waals surface area contributed by atoms with Crippen molar-refractivity contribution in [3.8, 4) is 0 Å². The van der Waals surface area contributed by atoms with Crippen LogP contribution in [0.5, 0.6) is 0 Å². The van der Waals surface area contributed by atoms with Crippen LogP contribution in [0.2, 0.25) is 0 Å². The molecule has 0 atom stereocenters. The van der Waals surface area contributed by atoms with E-state index in [2.05, 4.69) is 30.3 Å². The maximum Gasteiger partial charge on any atom is 0.240 e. The summed E-state index contributed by atoms with van der Waals surface area (Å²) in [5.74, 6) is 0.952. The lowest BCUT2D eigenvalue weighted by molar-refractivity contribution is -0.117. The van der Waals surface area contributed by atoms with Crippen molar-refractivity contribution in [2.75, 3.05) is 42.9 Å². The molecule has 1 aliphatic heterocycles. The number of piperazine rings is 1. The zero-order valence-corrected chi connectivity index (χ0v) is 12.3. The first-order valence-electron chi connectivity index (χ1n) is 6.75. The monoisotopic (exact) mass is 304 g/mol. The van der Waals surface area contributed by atoms with Crippen LogP contribution in [0.15, 0.2) is 29.9 Å². The second kappa shape index (κ2) is 6.59. The van der Waals surface area contributed by atoms with Crippen molar-refractivity contribution < 1.29 is 4.79 Å². The summed E-state index contributed by atoms with van der Waals surface area (Å²) in [6.45, 7) is 3.84. The summed E-state index contributed by atoms with van der Waals surface area (Å²) < 4.78 is 0. The highest BCUT2D eigenvalue weighted by Crippen LogP contribution is 2.13. The van der Waals surface area contributed by atoms with Crippen LogP contribution in [0.3, 0.4) is 0 Å². The molecule has 7 nitrogen and oxygen atoms in total. The Kier molecular flexibility index (Phi) is 4.37. The fourth-order valence-corrected chi connectivity index (χ4v) is 2.73. The van der Waals surface area contributed by atoms with Crippen molar-refractivity contribution in [1.82, 2.24) is 20.1 Å². The molecule has 1 amide bonds. The predicted octanol–water partition coefficient (Wildman–Crippen LogP) is 0.694. The van der Waals surface area contributed by atoms with Crippen molar-refractivity contribution in [2.24, 2.45) is 0 Å². The Morgan fingerprint density at radius 2 is 2.14 bits per heavy atom. The molecule has 1 fully saturated rings. The molecule has 21 heavy (non-hydrogen) atoms. The van der Waals surface area contributed by atoms with Crippen molar-refractivity contribution in [1.29, 1.82) is 0 Å². The molecule has 0 unspecified atom stereocenters. The van der Waals surface area contributed by atoms with Gasteiger partial charge in [-0.05, 0) is 12.1 Å². The van der Waals surface area contributed by atoms with Crippen LogP contribution in [-0.2, 0) is 4.79 Å². The van der Waals surface area contributed by atoms with Gasteiger partial charge in [0.2, 0.25) is 11.0 Å². The highest BCUT2D eigenvalue weighted by Gasteiger charge is 2.19. The van der Waals surface area contributed by atoms with E-state index in [0.717, 1.165) is 32.0 Å². The number of anilines is 2. The Balaban J connectivity index is 1.46. The van der Waals surface area contributed by atoms with Crippen molar-refractivity contribution >= 4 is 28.2 Å². The van der Waals surface area contributed by atoms with E-state index >= 15 is 0 Å². The summed E-state index contributed by atoms with van der Waals surface area (Å²) in [7, 11) is 0. The first-order chi connectivity index (χ1) is 10.3. The number of amides is 1. The van der Waals surface area contributed by atoms with Gasteiger partial charge in [0.1, 0.15) is 11.3 Å². The predicted molar refractivity (Wildman–Crippen MR) is 81.4 cm³/mol. The Bertz CT molecular complexity index is 568. The standard InChI is InChI=1S/C13H16N6OS/c20-12(16-13-17-15-10-21-13)9-18-5-7-19(8-6-18)11-3-1-2-4-14-11/h1-4,10H,5-9H2,(H,16,17,20). The van der Waals surface area contributed by atoms with Gasteiger partial charge in [0.25, 0.3) is 0 Å². The number of nitrogens with one attached hydrogen (secondary N) is 1. The second-order valence-corrected chi connectivity index (χ2v) is 5.58. The molecule has 0 spiro atoms. The fourth-order valence-electron chi connectivity index (χ4n) is 2.27. The third-order valence-corrected chi connectivity index (χ3v) is 3.93. The SMILES string of the molecule is O=C(CN1CCN(c2ccccn2)CC1)Nc1nncs1. The van der Waals surface area contributed by atoms with E-state index < -0.39 is 0 Å². The molecule has 8 heteroatoms. The smallest absolute Gasteiger partial charge is 0.240 e. The number of pyridine rings is 1. The molecule has 0 aromatic carbocycles. The van der Waals surface area contributed by atoms with Gasteiger partial charge in [-0.1, -0.05) is 17.4 Å². The molecular weight excluding hydrogens is 288 g/mol. The maximum absolute atomic E-state index is 11.9. The molecule has 0 radical (unpaired) electrons. The molecule has 1 aliphatic rings.